The Balaban J connectivity index is 2.14. The first-order valence-corrected chi connectivity index (χ1v) is 7.18. The highest BCUT2D eigenvalue weighted by molar-refractivity contribution is 6.35. The van der Waals surface area contributed by atoms with Gasteiger partial charge in [-0.25, -0.2) is 0 Å². The molecule has 1 saturated carbocycles. The molecular weight excluding hydrogens is 242 g/mol. The average molecular weight is 263 g/mol. The number of carbonyl (C=O) groups excluding carboxylic acids is 2. The standard InChI is InChI=1S/C14H21N3O2/c1-2-16-8-9-17(14(19)13(16)18)12-7-5-3-4-6-11(12)10-15/h11-12H,2-9H2,1H3. The molecule has 104 valence electrons. The van der Waals surface area contributed by atoms with E-state index in [1.165, 1.54) is 0 Å². The summed E-state index contributed by atoms with van der Waals surface area (Å²) in [5, 5.41) is 9.28. The molecule has 5 nitrogen and oxygen atoms in total. The summed E-state index contributed by atoms with van der Waals surface area (Å²) in [6.07, 6.45) is 4.90. The lowest BCUT2D eigenvalue weighted by Crippen LogP contribution is -2.58. The number of likely N-dealkylation sites (N-methyl/N-ethyl adjacent to an activating group) is 1. The van der Waals surface area contributed by atoms with E-state index in [2.05, 4.69) is 6.07 Å². The van der Waals surface area contributed by atoms with Crippen molar-refractivity contribution in [3.63, 3.8) is 0 Å². The number of nitriles is 1. The number of amides is 2. The van der Waals surface area contributed by atoms with Crippen LogP contribution in [0.15, 0.2) is 0 Å². The molecule has 2 atom stereocenters. The molecule has 2 amide bonds. The second-order valence-corrected chi connectivity index (χ2v) is 5.32. The second-order valence-electron chi connectivity index (χ2n) is 5.32. The topological polar surface area (TPSA) is 64.4 Å². The molecule has 2 rings (SSSR count). The second kappa shape index (κ2) is 6.05. The van der Waals surface area contributed by atoms with Crippen LogP contribution in [0.2, 0.25) is 0 Å². The Labute approximate surface area is 114 Å². The zero-order valence-electron chi connectivity index (χ0n) is 11.5. The van der Waals surface area contributed by atoms with Gasteiger partial charge in [-0.3, -0.25) is 9.59 Å². The van der Waals surface area contributed by atoms with Gasteiger partial charge in [-0.1, -0.05) is 19.3 Å². The normalized spacial score (nSPS) is 29.1. The third-order valence-electron chi connectivity index (χ3n) is 4.27. The Hall–Kier alpha value is -1.57. The molecule has 0 aromatic rings. The quantitative estimate of drug-likeness (QED) is 0.554. The van der Waals surface area contributed by atoms with Crippen LogP contribution in [0.3, 0.4) is 0 Å². The molecule has 0 spiro atoms. The van der Waals surface area contributed by atoms with Crippen LogP contribution in [-0.4, -0.2) is 47.3 Å². The summed E-state index contributed by atoms with van der Waals surface area (Å²) in [6.45, 7) is 3.62. The van der Waals surface area contributed by atoms with E-state index in [0.717, 1.165) is 32.1 Å². The molecule has 0 aromatic heterocycles. The molecule has 0 radical (unpaired) electrons. The molecule has 5 heteroatoms. The molecule has 1 aliphatic heterocycles. The fraction of sp³-hybridized carbons (Fsp3) is 0.786. The predicted octanol–water partition coefficient (Wildman–Crippen LogP) is 1.15. The largest absolute Gasteiger partial charge is 0.333 e. The van der Waals surface area contributed by atoms with E-state index in [9.17, 15) is 14.9 Å². The lowest BCUT2D eigenvalue weighted by molar-refractivity contribution is -0.158. The Morgan fingerprint density at radius 3 is 2.58 bits per heavy atom. The Morgan fingerprint density at radius 2 is 1.89 bits per heavy atom. The molecule has 2 fully saturated rings. The average Bonchev–Trinajstić information content (AvgIpc) is 2.67. The van der Waals surface area contributed by atoms with Crippen molar-refractivity contribution in [3.05, 3.63) is 0 Å². The van der Waals surface area contributed by atoms with Crippen LogP contribution in [-0.2, 0) is 9.59 Å². The van der Waals surface area contributed by atoms with Crippen molar-refractivity contribution in [1.29, 1.82) is 5.26 Å². The molecule has 19 heavy (non-hydrogen) atoms. The van der Waals surface area contributed by atoms with Crippen LogP contribution in [0.5, 0.6) is 0 Å². The van der Waals surface area contributed by atoms with E-state index in [1.54, 1.807) is 9.80 Å². The molecule has 1 saturated heterocycles. The first-order chi connectivity index (χ1) is 9.19. The Morgan fingerprint density at radius 1 is 1.16 bits per heavy atom. The smallest absolute Gasteiger partial charge is 0.312 e. The number of rotatable bonds is 2. The van der Waals surface area contributed by atoms with E-state index in [1.807, 2.05) is 6.92 Å². The predicted molar refractivity (Wildman–Crippen MR) is 69.9 cm³/mol. The van der Waals surface area contributed by atoms with E-state index in [-0.39, 0.29) is 12.0 Å². The highest BCUT2D eigenvalue weighted by Gasteiger charge is 2.39. The van der Waals surface area contributed by atoms with E-state index in [4.69, 9.17) is 0 Å². The fourth-order valence-electron chi connectivity index (χ4n) is 3.12. The van der Waals surface area contributed by atoms with Gasteiger partial charge in [-0.2, -0.15) is 5.26 Å². The summed E-state index contributed by atoms with van der Waals surface area (Å²) >= 11 is 0. The highest BCUT2D eigenvalue weighted by Crippen LogP contribution is 2.28. The summed E-state index contributed by atoms with van der Waals surface area (Å²) < 4.78 is 0. The molecule has 0 N–H and O–H groups in total. The number of hydrogen-bond donors (Lipinski definition) is 0. The maximum absolute atomic E-state index is 12.2. The van der Waals surface area contributed by atoms with Crippen molar-refractivity contribution in [1.82, 2.24) is 9.80 Å². The van der Waals surface area contributed by atoms with Gasteiger partial charge in [0.15, 0.2) is 0 Å². The lowest BCUT2D eigenvalue weighted by Gasteiger charge is -2.39. The van der Waals surface area contributed by atoms with Gasteiger partial charge >= 0.3 is 11.8 Å². The lowest BCUT2D eigenvalue weighted by atomic mass is 9.94. The third kappa shape index (κ3) is 2.73. The van der Waals surface area contributed by atoms with Crippen molar-refractivity contribution in [2.24, 2.45) is 5.92 Å². The monoisotopic (exact) mass is 263 g/mol. The zero-order chi connectivity index (χ0) is 13.8. The summed E-state index contributed by atoms with van der Waals surface area (Å²) in [4.78, 5) is 27.4. The number of carbonyl (C=O) groups is 2. The molecule has 0 aromatic carbocycles. The van der Waals surface area contributed by atoms with Crippen molar-refractivity contribution >= 4 is 11.8 Å². The number of piperazine rings is 1. The summed E-state index contributed by atoms with van der Waals surface area (Å²) in [6, 6.07) is 2.27. The maximum atomic E-state index is 12.2. The van der Waals surface area contributed by atoms with Crippen molar-refractivity contribution in [3.8, 4) is 6.07 Å². The van der Waals surface area contributed by atoms with E-state index < -0.39 is 11.8 Å². The zero-order valence-corrected chi connectivity index (χ0v) is 11.5. The van der Waals surface area contributed by atoms with Gasteiger partial charge in [-0.05, 0) is 19.8 Å². The van der Waals surface area contributed by atoms with Crippen LogP contribution in [0.1, 0.15) is 39.0 Å². The van der Waals surface area contributed by atoms with Gasteiger partial charge in [0.25, 0.3) is 0 Å². The molecule has 0 bridgehead atoms. The number of hydrogen-bond acceptors (Lipinski definition) is 3. The fourth-order valence-corrected chi connectivity index (χ4v) is 3.12. The summed E-state index contributed by atoms with van der Waals surface area (Å²) in [7, 11) is 0. The highest BCUT2D eigenvalue weighted by atomic mass is 16.2. The van der Waals surface area contributed by atoms with E-state index in [0.29, 0.717) is 19.6 Å². The molecule has 1 aliphatic carbocycles. The van der Waals surface area contributed by atoms with Crippen LogP contribution in [0, 0.1) is 17.2 Å². The minimum absolute atomic E-state index is 0.0667. The minimum atomic E-state index is -0.416. The third-order valence-corrected chi connectivity index (χ3v) is 4.27. The van der Waals surface area contributed by atoms with Gasteiger partial charge in [0.05, 0.1) is 12.0 Å². The SMILES string of the molecule is CCN1CCN(C2CCCCCC2C#N)C(=O)C1=O. The van der Waals surface area contributed by atoms with Crippen molar-refractivity contribution < 1.29 is 9.59 Å². The van der Waals surface area contributed by atoms with Gasteiger partial charge in [0.2, 0.25) is 0 Å². The van der Waals surface area contributed by atoms with Gasteiger partial charge in [0.1, 0.15) is 0 Å². The van der Waals surface area contributed by atoms with Crippen LogP contribution < -0.4 is 0 Å². The van der Waals surface area contributed by atoms with Gasteiger partial charge < -0.3 is 9.80 Å². The van der Waals surface area contributed by atoms with Gasteiger partial charge in [0, 0.05) is 25.7 Å². The van der Waals surface area contributed by atoms with Crippen molar-refractivity contribution in [2.75, 3.05) is 19.6 Å². The van der Waals surface area contributed by atoms with E-state index >= 15 is 0 Å². The minimum Gasteiger partial charge on any atom is -0.333 e. The first kappa shape index (κ1) is 13.9. The van der Waals surface area contributed by atoms with Crippen LogP contribution >= 0.6 is 0 Å². The first-order valence-electron chi connectivity index (χ1n) is 7.18. The van der Waals surface area contributed by atoms with Crippen molar-refractivity contribution in [2.45, 2.75) is 45.1 Å². The summed E-state index contributed by atoms with van der Waals surface area (Å²) in [5.74, 6) is -0.942. The molecule has 2 unspecified atom stereocenters. The Kier molecular flexibility index (Phi) is 4.41. The summed E-state index contributed by atoms with van der Waals surface area (Å²) in [5.41, 5.74) is 0. The van der Waals surface area contributed by atoms with Crippen LogP contribution in [0.25, 0.3) is 0 Å². The number of nitrogens with zero attached hydrogens (tertiary/aromatic N) is 3. The molecular formula is C14H21N3O2. The Bertz CT molecular complexity index is 402. The van der Waals surface area contributed by atoms with Crippen LogP contribution in [0.4, 0.5) is 0 Å². The van der Waals surface area contributed by atoms with Gasteiger partial charge in [-0.15, -0.1) is 0 Å². The maximum Gasteiger partial charge on any atom is 0.312 e. The molecule has 1 heterocycles. The molecule has 2 aliphatic rings.